The van der Waals surface area contributed by atoms with Crippen molar-refractivity contribution in [2.24, 2.45) is 5.41 Å². The largest absolute Gasteiger partial charge is 0.483 e. The molecule has 0 radical (unpaired) electrons. The molecule has 1 saturated carbocycles. The standard InChI is InChI=1S/C19H23NO5/c21-16(9-18(5-6-18)10-17(22)23)20-11-14-3-1-2-4-15(14)25-19(12-20)7-8-24-13-19/h1-4H,5-13H2,(H,22,23). The fourth-order valence-corrected chi connectivity index (χ4v) is 3.93. The number of nitrogens with zero attached hydrogens (tertiary/aromatic N) is 1. The number of carboxylic acid groups (broad SMARTS) is 1. The highest BCUT2D eigenvalue weighted by atomic mass is 16.6. The summed E-state index contributed by atoms with van der Waals surface area (Å²) in [5, 5.41) is 9.09. The van der Waals surface area contributed by atoms with E-state index in [4.69, 9.17) is 14.6 Å². The molecule has 134 valence electrons. The van der Waals surface area contributed by atoms with Gasteiger partial charge in [-0.3, -0.25) is 9.59 Å². The number of aliphatic carboxylic acids is 1. The number of hydrogen-bond acceptors (Lipinski definition) is 4. The average Bonchev–Trinajstić information content (AvgIpc) is 3.18. The number of carboxylic acids is 1. The van der Waals surface area contributed by atoms with E-state index in [1.807, 2.05) is 29.2 Å². The number of hydrogen-bond donors (Lipinski definition) is 1. The Bertz CT molecular complexity index is 691. The van der Waals surface area contributed by atoms with Crippen LogP contribution >= 0.6 is 0 Å². The van der Waals surface area contributed by atoms with Crippen LogP contribution in [0.25, 0.3) is 0 Å². The number of carbonyl (C=O) groups is 2. The Morgan fingerprint density at radius 2 is 1.96 bits per heavy atom. The Labute approximate surface area is 146 Å². The third-order valence-corrected chi connectivity index (χ3v) is 5.57. The summed E-state index contributed by atoms with van der Waals surface area (Å²) >= 11 is 0. The zero-order valence-corrected chi connectivity index (χ0v) is 14.2. The highest BCUT2D eigenvalue weighted by Crippen LogP contribution is 2.52. The highest BCUT2D eigenvalue weighted by Gasteiger charge is 2.48. The Hall–Kier alpha value is -2.08. The smallest absolute Gasteiger partial charge is 0.303 e. The lowest BCUT2D eigenvalue weighted by Gasteiger charge is -2.32. The van der Waals surface area contributed by atoms with Crippen LogP contribution < -0.4 is 4.74 Å². The SMILES string of the molecule is O=C(O)CC1(CC(=O)N2Cc3ccccc3OC3(CCOC3)C2)CC1. The molecular formula is C19H23NO5. The Morgan fingerprint density at radius 1 is 1.16 bits per heavy atom. The molecule has 1 atom stereocenters. The predicted molar refractivity (Wildman–Crippen MR) is 89.2 cm³/mol. The van der Waals surface area contributed by atoms with E-state index in [1.165, 1.54) is 0 Å². The Morgan fingerprint density at radius 3 is 2.64 bits per heavy atom. The van der Waals surface area contributed by atoms with Gasteiger partial charge in [-0.2, -0.15) is 0 Å². The van der Waals surface area contributed by atoms with E-state index in [0.717, 1.165) is 30.6 Å². The van der Waals surface area contributed by atoms with Gasteiger partial charge < -0.3 is 19.5 Å². The summed E-state index contributed by atoms with van der Waals surface area (Å²) in [7, 11) is 0. The quantitative estimate of drug-likeness (QED) is 0.905. The molecule has 0 bridgehead atoms. The van der Waals surface area contributed by atoms with Crippen LogP contribution in [-0.2, 0) is 20.9 Å². The van der Waals surface area contributed by atoms with Gasteiger partial charge in [0.1, 0.15) is 5.75 Å². The van der Waals surface area contributed by atoms with Gasteiger partial charge in [-0.05, 0) is 24.3 Å². The number of para-hydroxylation sites is 1. The molecule has 1 spiro atoms. The maximum atomic E-state index is 13.0. The zero-order valence-electron chi connectivity index (χ0n) is 14.2. The molecule has 25 heavy (non-hydrogen) atoms. The van der Waals surface area contributed by atoms with Crippen LogP contribution in [0, 0.1) is 5.41 Å². The lowest BCUT2D eigenvalue weighted by Crippen LogP contribution is -2.48. The van der Waals surface area contributed by atoms with E-state index in [1.54, 1.807) is 0 Å². The molecule has 2 fully saturated rings. The topological polar surface area (TPSA) is 76.1 Å². The Balaban J connectivity index is 1.56. The summed E-state index contributed by atoms with van der Waals surface area (Å²) in [6.45, 7) is 2.10. The molecule has 4 rings (SSSR count). The second-order valence-corrected chi connectivity index (χ2v) is 7.69. The normalized spacial score (nSPS) is 26.6. The van der Waals surface area contributed by atoms with Crippen molar-refractivity contribution in [3.8, 4) is 5.75 Å². The van der Waals surface area contributed by atoms with Gasteiger partial charge in [0, 0.05) is 24.9 Å². The minimum atomic E-state index is -0.824. The molecule has 1 unspecified atom stereocenters. The van der Waals surface area contributed by atoms with Gasteiger partial charge in [-0.25, -0.2) is 0 Å². The molecule has 2 heterocycles. The van der Waals surface area contributed by atoms with Crippen molar-refractivity contribution in [1.29, 1.82) is 0 Å². The molecule has 3 aliphatic rings. The first-order chi connectivity index (χ1) is 12.0. The molecule has 1 saturated heterocycles. The van der Waals surface area contributed by atoms with Crippen LogP contribution in [0.5, 0.6) is 5.75 Å². The second kappa shape index (κ2) is 6.02. The minimum Gasteiger partial charge on any atom is -0.483 e. The number of amides is 1. The van der Waals surface area contributed by atoms with Crippen molar-refractivity contribution in [2.45, 2.75) is 44.2 Å². The first-order valence-electron chi connectivity index (χ1n) is 8.84. The van der Waals surface area contributed by atoms with Crippen LogP contribution in [0.2, 0.25) is 0 Å². The summed E-state index contributed by atoms with van der Waals surface area (Å²) in [4.78, 5) is 25.9. The molecule has 1 aromatic rings. The van der Waals surface area contributed by atoms with Crippen LogP contribution in [0.4, 0.5) is 0 Å². The number of benzene rings is 1. The van der Waals surface area contributed by atoms with Crippen molar-refractivity contribution >= 4 is 11.9 Å². The monoisotopic (exact) mass is 345 g/mol. The second-order valence-electron chi connectivity index (χ2n) is 7.69. The van der Waals surface area contributed by atoms with Crippen molar-refractivity contribution in [2.75, 3.05) is 19.8 Å². The summed E-state index contributed by atoms with van der Waals surface area (Å²) in [5.41, 5.74) is 0.156. The fourth-order valence-electron chi connectivity index (χ4n) is 3.93. The number of ether oxygens (including phenoxy) is 2. The molecule has 1 aliphatic carbocycles. The van der Waals surface area contributed by atoms with Gasteiger partial charge in [0.05, 0.1) is 26.2 Å². The molecule has 2 aliphatic heterocycles. The minimum absolute atomic E-state index is 0.0188. The van der Waals surface area contributed by atoms with Gasteiger partial charge in [0.15, 0.2) is 5.60 Å². The highest BCUT2D eigenvalue weighted by molar-refractivity contribution is 5.79. The fraction of sp³-hybridized carbons (Fsp3) is 0.579. The summed E-state index contributed by atoms with van der Waals surface area (Å²) in [5.74, 6) is 0.0100. The molecule has 6 nitrogen and oxygen atoms in total. The van der Waals surface area contributed by atoms with Crippen molar-refractivity contribution in [3.05, 3.63) is 29.8 Å². The van der Waals surface area contributed by atoms with Crippen LogP contribution in [0.1, 0.15) is 37.7 Å². The molecule has 1 aromatic carbocycles. The number of carbonyl (C=O) groups excluding carboxylic acids is 1. The Kier molecular flexibility index (Phi) is 3.95. The molecule has 1 N–H and O–H groups in total. The average molecular weight is 345 g/mol. The summed E-state index contributed by atoms with van der Waals surface area (Å²) in [6, 6.07) is 7.80. The lowest BCUT2D eigenvalue weighted by atomic mass is 9.96. The van der Waals surface area contributed by atoms with E-state index < -0.39 is 11.6 Å². The van der Waals surface area contributed by atoms with Gasteiger partial charge in [0.25, 0.3) is 0 Å². The summed E-state index contributed by atoms with van der Waals surface area (Å²) in [6.07, 6.45) is 2.78. The van der Waals surface area contributed by atoms with Crippen molar-refractivity contribution in [1.82, 2.24) is 4.90 Å². The molecule has 6 heteroatoms. The van der Waals surface area contributed by atoms with Gasteiger partial charge in [-0.15, -0.1) is 0 Å². The van der Waals surface area contributed by atoms with E-state index in [0.29, 0.717) is 32.7 Å². The van der Waals surface area contributed by atoms with Gasteiger partial charge in [-0.1, -0.05) is 18.2 Å². The van der Waals surface area contributed by atoms with Gasteiger partial charge in [0.2, 0.25) is 5.91 Å². The first kappa shape index (κ1) is 16.4. The van der Waals surface area contributed by atoms with Crippen molar-refractivity contribution in [3.63, 3.8) is 0 Å². The zero-order chi connectivity index (χ0) is 17.5. The van der Waals surface area contributed by atoms with Gasteiger partial charge >= 0.3 is 5.97 Å². The number of fused-ring (bicyclic) bond motifs is 1. The van der Waals surface area contributed by atoms with E-state index in [2.05, 4.69) is 0 Å². The molecular weight excluding hydrogens is 322 g/mol. The van der Waals surface area contributed by atoms with Crippen molar-refractivity contribution < 1.29 is 24.2 Å². The van der Waals surface area contributed by atoms with E-state index in [-0.39, 0.29) is 17.7 Å². The first-order valence-corrected chi connectivity index (χ1v) is 8.84. The lowest BCUT2D eigenvalue weighted by molar-refractivity contribution is -0.140. The third-order valence-electron chi connectivity index (χ3n) is 5.57. The predicted octanol–water partition coefficient (Wildman–Crippen LogP) is 2.21. The van der Waals surface area contributed by atoms with E-state index >= 15 is 0 Å². The summed E-state index contributed by atoms with van der Waals surface area (Å²) < 4.78 is 11.8. The van der Waals surface area contributed by atoms with E-state index in [9.17, 15) is 9.59 Å². The maximum absolute atomic E-state index is 13.0. The van der Waals surface area contributed by atoms with Crippen LogP contribution in [0.15, 0.2) is 24.3 Å². The maximum Gasteiger partial charge on any atom is 0.303 e. The van der Waals surface area contributed by atoms with Crippen LogP contribution in [-0.4, -0.2) is 47.2 Å². The third kappa shape index (κ3) is 3.35. The molecule has 0 aromatic heterocycles. The molecule has 1 amide bonds. The van der Waals surface area contributed by atoms with Crippen LogP contribution in [0.3, 0.4) is 0 Å². The number of rotatable bonds is 4.